The molecular formula is C111H68O5. The summed E-state index contributed by atoms with van der Waals surface area (Å²) in [5, 5.41) is 0. The van der Waals surface area contributed by atoms with E-state index in [1.165, 1.54) is 0 Å². The molecule has 0 atom stereocenters. The highest BCUT2D eigenvalue weighted by molar-refractivity contribution is 6.61. The molecule has 0 saturated heterocycles. The molecule has 15 aromatic rings. The average Bonchev–Trinajstić information content (AvgIpc) is 1.59. The highest BCUT2D eigenvalue weighted by Gasteiger charge is 2.39. The predicted molar refractivity (Wildman–Crippen MR) is 471 cm³/mol. The van der Waals surface area contributed by atoms with Gasteiger partial charge in [-0.15, -0.1) is 0 Å². The fraction of sp³-hybridized carbons (Fsp3) is 0. The van der Waals surface area contributed by atoms with Gasteiger partial charge in [0.1, 0.15) is 23.0 Å². The van der Waals surface area contributed by atoms with E-state index in [0.29, 0.717) is 56.4 Å². The lowest BCUT2D eigenvalue weighted by atomic mass is 9.89. The van der Waals surface area contributed by atoms with Gasteiger partial charge in [0.2, 0.25) is 0 Å². The lowest BCUT2D eigenvalue weighted by molar-refractivity contribution is -0.109. The molecule has 18 rings (SSSR count). The molecule has 3 aliphatic rings. The molecule has 542 valence electrons. The van der Waals surface area contributed by atoms with Crippen LogP contribution in [-0.4, -0.2) is 17.3 Å². The number of allylic oxidation sites excluding steroid dienone is 12. The summed E-state index contributed by atoms with van der Waals surface area (Å²) in [6.45, 7) is 0. The van der Waals surface area contributed by atoms with Crippen molar-refractivity contribution in [1.82, 2.24) is 0 Å². The van der Waals surface area contributed by atoms with Crippen molar-refractivity contribution in [1.29, 1.82) is 0 Å². The van der Waals surface area contributed by atoms with E-state index < -0.39 is 0 Å². The van der Waals surface area contributed by atoms with Crippen LogP contribution in [0.5, 0.6) is 23.0 Å². The molecule has 0 radical (unpaired) electrons. The van der Waals surface area contributed by atoms with E-state index in [-0.39, 0.29) is 17.3 Å². The lowest BCUT2D eigenvalue weighted by Gasteiger charge is -2.16. The zero-order valence-electron chi connectivity index (χ0n) is 62.8. The second-order valence-electron chi connectivity index (χ2n) is 28.2. The number of carbonyl (C=O) groups excluding carboxylic acids is 3. The number of Topliss-reactive ketones (excluding diaryl/α,β-unsaturated/α-hetero) is 3. The normalized spacial score (nSPS) is 13.2. The standard InChI is InChI=1S/C111H68O5/c112-109-103(83-35-19-6-20-36-83)97(81-31-15-4-16-32-81)99(106(109)90-53-47-78(48-54-90)44-41-75-25-9-1-10-26-75)86-59-67-93(68-60-86)115-95-71-63-88(64-72-95)101-102(108(111(114)105(101)85-39-23-8-24-40-85)92-57-51-80(52-58-92)46-43-77-29-13-3-14-30-77)89-65-73-96(74-66-89)116-94-69-61-87(62-70-94)100-98(82-33-17-5-18-34-82)104(84-37-21-7-22-38-84)110(113)107(100)91-55-49-79(50-56-91)45-42-76-27-11-2-12-28-76/h1-40,47-74H. The molecule has 0 fully saturated rings. The Kier molecular flexibility index (Phi) is 20.1. The van der Waals surface area contributed by atoms with Crippen molar-refractivity contribution in [3.05, 3.63) is 513 Å². The second kappa shape index (κ2) is 32.5. The van der Waals surface area contributed by atoms with E-state index in [1.54, 1.807) is 0 Å². The molecular weight excluding hydrogens is 1410 g/mol. The number of rotatable bonds is 16. The fourth-order valence-electron chi connectivity index (χ4n) is 15.4. The van der Waals surface area contributed by atoms with Crippen molar-refractivity contribution >= 4 is 84.2 Å². The summed E-state index contributed by atoms with van der Waals surface area (Å²) in [4.78, 5) is 46.6. The maximum Gasteiger partial charge on any atom is 0.195 e. The van der Waals surface area contributed by atoms with E-state index in [0.717, 1.165) is 134 Å². The molecule has 0 aliphatic heterocycles. The molecule has 0 saturated carbocycles. The molecule has 5 nitrogen and oxygen atoms in total. The number of carbonyl (C=O) groups is 3. The molecule has 0 spiro atoms. The van der Waals surface area contributed by atoms with Gasteiger partial charge in [-0.25, -0.2) is 0 Å². The van der Waals surface area contributed by atoms with Gasteiger partial charge in [-0.3, -0.25) is 14.4 Å². The molecule has 0 amide bonds. The third kappa shape index (κ3) is 14.9. The molecule has 0 unspecified atom stereocenters. The first-order chi connectivity index (χ1) is 57.3. The maximum absolute atomic E-state index is 15.9. The van der Waals surface area contributed by atoms with Gasteiger partial charge >= 0.3 is 0 Å². The third-order valence-corrected chi connectivity index (χ3v) is 20.9. The van der Waals surface area contributed by atoms with Crippen LogP contribution in [0.4, 0.5) is 0 Å². The van der Waals surface area contributed by atoms with E-state index in [9.17, 15) is 0 Å². The summed E-state index contributed by atoms with van der Waals surface area (Å²) in [5.74, 6) is 21.9. The molecule has 15 aromatic carbocycles. The Hall–Kier alpha value is -16.0. The van der Waals surface area contributed by atoms with Crippen LogP contribution in [0.3, 0.4) is 0 Å². The van der Waals surface area contributed by atoms with Crippen LogP contribution in [0.25, 0.3) is 66.9 Å². The van der Waals surface area contributed by atoms with E-state index in [1.807, 2.05) is 388 Å². The molecule has 0 N–H and O–H groups in total. The zero-order chi connectivity index (χ0) is 78.1. The Morgan fingerprint density at radius 2 is 0.259 bits per heavy atom. The summed E-state index contributed by atoms with van der Waals surface area (Å²) in [6.07, 6.45) is 0. The fourth-order valence-corrected chi connectivity index (χ4v) is 15.4. The van der Waals surface area contributed by atoms with Crippen LogP contribution in [0.15, 0.2) is 413 Å². The van der Waals surface area contributed by atoms with Gasteiger partial charge in [0.15, 0.2) is 17.3 Å². The number of hydrogen-bond donors (Lipinski definition) is 0. The average molecular weight is 1480 g/mol. The first kappa shape index (κ1) is 71.6. The Bertz CT molecular complexity index is 6690. The maximum atomic E-state index is 15.9. The molecule has 116 heavy (non-hydrogen) atoms. The van der Waals surface area contributed by atoms with Gasteiger partial charge in [0, 0.05) is 100 Å². The van der Waals surface area contributed by atoms with Crippen LogP contribution in [-0.2, 0) is 14.4 Å². The van der Waals surface area contributed by atoms with Crippen molar-refractivity contribution in [2.45, 2.75) is 0 Å². The van der Waals surface area contributed by atoms with Gasteiger partial charge in [-0.1, -0.05) is 327 Å². The van der Waals surface area contributed by atoms with Gasteiger partial charge in [0.25, 0.3) is 0 Å². The number of hydrogen-bond acceptors (Lipinski definition) is 5. The van der Waals surface area contributed by atoms with Gasteiger partial charge in [0.05, 0.1) is 0 Å². The predicted octanol–water partition coefficient (Wildman–Crippen LogP) is 24.8. The second-order valence-corrected chi connectivity index (χ2v) is 28.2. The van der Waals surface area contributed by atoms with Gasteiger partial charge < -0.3 is 9.47 Å². The minimum Gasteiger partial charge on any atom is -0.457 e. The van der Waals surface area contributed by atoms with Crippen LogP contribution in [0.1, 0.15) is 100 Å². The van der Waals surface area contributed by atoms with E-state index in [4.69, 9.17) is 9.47 Å². The molecule has 0 heterocycles. The van der Waals surface area contributed by atoms with Crippen LogP contribution in [0, 0.1) is 35.5 Å². The van der Waals surface area contributed by atoms with E-state index in [2.05, 4.69) is 59.8 Å². The summed E-state index contributed by atoms with van der Waals surface area (Å²) < 4.78 is 13.5. The summed E-state index contributed by atoms with van der Waals surface area (Å²) in [6, 6.07) is 135. The van der Waals surface area contributed by atoms with E-state index >= 15 is 14.4 Å². The Morgan fingerprint density at radius 3 is 0.440 bits per heavy atom. The van der Waals surface area contributed by atoms with Crippen molar-refractivity contribution in [3.63, 3.8) is 0 Å². The first-order valence-corrected chi connectivity index (χ1v) is 38.5. The van der Waals surface area contributed by atoms with Crippen molar-refractivity contribution in [2.24, 2.45) is 0 Å². The third-order valence-electron chi connectivity index (χ3n) is 20.9. The van der Waals surface area contributed by atoms with Crippen LogP contribution in [0.2, 0.25) is 0 Å². The molecule has 0 bridgehead atoms. The minimum absolute atomic E-state index is 0.0626. The topological polar surface area (TPSA) is 69.7 Å². The Labute approximate surface area is 674 Å². The summed E-state index contributed by atoms with van der Waals surface area (Å²) >= 11 is 0. The number of ketones is 3. The van der Waals surface area contributed by atoms with Gasteiger partial charge in [-0.05, 0) is 188 Å². The van der Waals surface area contributed by atoms with Crippen LogP contribution >= 0.6 is 0 Å². The highest BCUT2D eigenvalue weighted by Crippen LogP contribution is 2.54. The summed E-state index contributed by atoms with van der Waals surface area (Å²) in [7, 11) is 0. The molecule has 5 heteroatoms. The largest absolute Gasteiger partial charge is 0.457 e. The number of ether oxygens (including phenoxy) is 2. The monoisotopic (exact) mass is 1480 g/mol. The molecule has 0 aromatic heterocycles. The zero-order valence-corrected chi connectivity index (χ0v) is 62.8. The first-order valence-electron chi connectivity index (χ1n) is 38.5. The van der Waals surface area contributed by atoms with Gasteiger partial charge in [-0.2, -0.15) is 0 Å². The van der Waals surface area contributed by atoms with Crippen molar-refractivity contribution < 1.29 is 23.9 Å². The summed E-state index contributed by atoms with van der Waals surface area (Å²) in [5.41, 5.74) is 23.6. The molecule has 3 aliphatic carbocycles. The SMILES string of the molecule is O=C1C(c2ccccc2)=C(c2ccccc2)C(c2ccc(Oc3ccc(C4=C(c5ccccc5)C(=O)C(c5ccc(C#Cc6ccccc6)cc5)=C4c4ccc(Oc5ccc(C6=C(c7ccc(C#Cc8ccccc8)cc7)C(=O)C(c7ccccc7)=C6c6ccccc6)cc5)cc4)cc3)cc2)=C1c1ccc(C#Cc2ccccc2)cc1. The van der Waals surface area contributed by atoms with Crippen molar-refractivity contribution in [2.75, 3.05) is 0 Å². The van der Waals surface area contributed by atoms with Crippen LogP contribution < -0.4 is 9.47 Å². The lowest BCUT2D eigenvalue weighted by Crippen LogP contribution is -2.02. The van der Waals surface area contributed by atoms with Crippen molar-refractivity contribution in [3.8, 4) is 58.5 Å². The quantitative estimate of drug-likeness (QED) is 0.0902. The smallest absolute Gasteiger partial charge is 0.195 e. The number of benzene rings is 15. The minimum atomic E-state index is -0.118. The Morgan fingerprint density at radius 1 is 0.129 bits per heavy atom. The Balaban J connectivity index is 0.683. The highest BCUT2D eigenvalue weighted by atomic mass is 16.5.